The molecule has 0 bridgehead atoms. The van der Waals surface area contributed by atoms with Gasteiger partial charge in [-0.3, -0.25) is 19.3 Å². The summed E-state index contributed by atoms with van der Waals surface area (Å²) < 4.78 is 11.4. The Morgan fingerprint density at radius 3 is 2.62 bits per heavy atom. The molecule has 0 unspecified atom stereocenters. The summed E-state index contributed by atoms with van der Waals surface area (Å²) in [5.74, 6) is -1.05. The summed E-state index contributed by atoms with van der Waals surface area (Å²) in [5.41, 5.74) is 1.78. The first-order chi connectivity index (χ1) is 13.7. The molecule has 3 rings (SSSR count). The van der Waals surface area contributed by atoms with Crippen molar-refractivity contribution in [1.29, 1.82) is 0 Å². The van der Waals surface area contributed by atoms with E-state index in [0.717, 1.165) is 28.2 Å². The van der Waals surface area contributed by atoms with Crippen molar-refractivity contribution in [2.24, 2.45) is 0 Å². The van der Waals surface area contributed by atoms with Crippen LogP contribution in [-0.4, -0.2) is 58.8 Å². The molecular formula is C20H25N3O6. The Morgan fingerprint density at radius 2 is 2.00 bits per heavy atom. The molecule has 1 aromatic carbocycles. The van der Waals surface area contributed by atoms with E-state index in [1.54, 1.807) is 13.8 Å². The molecule has 0 saturated carbocycles. The average molecular weight is 403 g/mol. The molecule has 1 N–H and O–H groups in total. The molecule has 1 fully saturated rings. The number of nitrogens with zero attached hydrogens (tertiary/aromatic N) is 2. The summed E-state index contributed by atoms with van der Waals surface area (Å²) in [4.78, 5) is 50.1. The van der Waals surface area contributed by atoms with E-state index in [1.807, 2.05) is 26.0 Å². The van der Waals surface area contributed by atoms with E-state index < -0.39 is 36.3 Å². The Labute approximate surface area is 168 Å². The molecule has 5 amide bonds. The maximum atomic E-state index is 12.3. The van der Waals surface area contributed by atoms with Crippen molar-refractivity contribution < 1.29 is 28.7 Å². The Bertz CT molecular complexity index is 866. The van der Waals surface area contributed by atoms with Crippen molar-refractivity contribution in [1.82, 2.24) is 15.1 Å². The molecule has 1 atom stereocenters. The monoisotopic (exact) mass is 403 g/mol. The van der Waals surface area contributed by atoms with Gasteiger partial charge in [-0.15, -0.1) is 0 Å². The summed E-state index contributed by atoms with van der Waals surface area (Å²) in [6.45, 7) is 7.19. The zero-order chi connectivity index (χ0) is 21.3. The lowest BCUT2D eigenvalue weighted by Gasteiger charge is -2.18. The number of benzene rings is 1. The zero-order valence-corrected chi connectivity index (χ0v) is 17.0. The van der Waals surface area contributed by atoms with E-state index in [2.05, 4.69) is 5.32 Å². The number of fused-ring (bicyclic) bond motifs is 1. The van der Waals surface area contributed by atoms with Gasteiger partial charge in [-0.05, 0) is 39.8 Å². The smallest absolute Gasteiger partial charge is 0.334 e. The zero-order valence-electron chi connectivity index (χ0n) is 17.0. The van der Waals surface area contributed by atoms with Gasteiger partial charge in [0.1, 0.15) is 24.1 Å². The molecule has 1 aromatic rings. The molecule has 0 spiro atoms. The number of carbonyl (C=O) groups is 4. The lowest BCUT2D eigenvalue weighted by Crippen LogP contribution is -2.42. The molecule has 0 aromatic heterocycles. The first kappa shape index (κ1) is 20.6. The Balaban J connectivity index is 1.67. The average Bonchev–Trinajstić information content (AvgIpc) is 3.11. The Kier molecular flexibility index (Phi) is 5.76. The predicted molar refractivity (Wildman–Crippen MR) is 102 cm³/mol. The highest BCUT2D eigenvalue weighted by molar-refractivity contribution is 6.45. The molecule has 2 aliphatic rings. The van der Waals surface area contributed by atoms with Crippen molar-refractivity contribution in [2.75, 3.05) is 13.2 Å². The number of carbonyl (C=O) groups excluding carboxylic acids is 4. The molecule has 29 heavy (non-hydrogen) atoms. The highest BCUT2D eigenvalue weighted by atomic mass is 16.5. The van der Waals surface area contributed by atoms with E-state index >= 15 is 0 Å². The van der Waals surface area contributed by atoms with Crippen molar-refractivity contribution in [3.63, 3.8) is 0 Å². The van der Waals surface area contributed by atoms with Crippen LogP contribution in [-0.2, 0) is 27.3 Å². The van der Waals surface area contributed by atoms with Gasteiger partial charge in [0, 0.05) is 30.1 Å². The van der Waals surface area contributed by atoms with Gasteiger partial charge in [0.15, 0.2) is 0 Å². The third kappa shape index (κ3) is 4.03. The number of ether oxygens (including phenoxy) is 2. The molecule has 2 aliphatic heterocycles. The largest absolute Gasteiger partial charge is 0.494 e. The number of nitrogens with one attached hydrogen (secondary N) is 1. The minimum atomic E-state index is -0.992. The Morgan fingerprint density at radius 1 is 1.28 bits per heavy atom. The quantitative estimate of drug-likeness (QED) is 0.542. The molecule has 1 saturated heterocycles. The van der Waals surface area contributed by atoms with Crippen LogP contribution in [0.2, 0.25) is 0 Å². The number of amides is 5. The molecule has 9 nitrogen and oxygen atoms in total. The number of imide groups is 2. The molecule has 156 valence electrons. The van der Waals surface area contributed by atoms with Crippen LogP contribution < -0.4 is 14.8 Å². The summed E-state index contributed by atoms with van der Waals surface area (Å²) >= 11 is 0. The van der Waals surface area contributed by atoms with Gasteiger partial charge >= 0.3 is 17.8 Å². The lowest BCUT2D eigenvalue weighted by molar-refractivity contribution is -0.144. The first-order valence-corrected chi connectivity index (χ1v) is 9.63. The van der Waals surface area contributed by atoms with E-state index in [4.69, 9.17) is 9.47 Å². The van der Waals surface area contributed by atoms with E-state index in [1.165, 1.54) is 0 Å². The van der Waals surface area contributed by atoms with Gasteiger partial charge in [0.05, 0.1) is 6.61 Å². The summed E-state index contributed by atoms with van der Waals surface area (Å²) in [6, 6.07) is 2.51. The number of urea groups is 1. The standard InChI is InChI=1S/C20H25N3O6/c1-5-28-15-7-13-6-12(4)29-16(13)8-14(15)9-21-17(24)10-22-18(25)19(26)23(11(2)3)20(22)27/h7-8,11-12H,5-6,9-10H2,1-4H3,(H,21,24)/t12-/m0/s1. The second kappa shape index (κ2) is 8.10. The van der Waals surface area contributed by atoms with Gasteiger partial charge in [0.25, 0.3) is 0 Å². The highest BCUT2D eigenvalue weighted by Gasteiger charge is 2.46. The van der Waals surface area contributed by atoms with Crippen LogP contribution in [0.3, 0.4) is 0 Å². The van der Waals surface area contributed by atoms with Gasteiger partial charge in [-0.2, -0.15) is 0 Å². The third-order valence-corrected chi connectivity index (χ3v) is 4.76. The third-order valence-electron chi connectivity index (χ3n) is 4.76. The van der Waals surface area contributed by atoms with Crippen LogP contribution >= 0.6 is 0 Å². The SMILES string of the molecule is CCOc1cc2c(cc1CNC(=O)CN1C(=O)C(=O)N(C(C)C)C1=O)O[C@@H](C)C2. The van der Waals surface area contributed by atoms with Crippen LogP contribution in [0.4, 0.5) is 4.79 Å². The molecule has 2 heterocycles. The molecular weight excluding hydrogens is 378 g/mol. The second-order valence-corrected chi connectivity index (χ2v) is 7.35. The van der Waals surface area contributed by atoms with Crippen LogP contribution in [0.15, 0.2) is 12.1 Å². The topological polar surface area (TPSA) is 105 Å². The molecule has 9 heteroatoms. The number of hydrogen-bond acceptors (Lipinski definition) is 6. The minimum Gasteiger partial charge on any atom is -0.494 e. The first-order valence-electron chi connectivity index (χ1n) is 9.63. The van der Waals surface area contributed by atoms with Crippen molar-refractivity contribution >= 4 is 23.8 Å². The molecule has 0 aliphatic carbocycles. The van der Waals surface area contributed by atoms with Crippen molar-refractivity contribution in [3.8, 4) is 11.5 Å². The van der Waals surface area contributed by atoms with Crippen LogP contribution in [0.1, 0.15) is 38.8 Å². The fraction of sp³-hybridized carbons (Fsp3) is 0.500. The van der Waals surface area contributed by atoms with E-state index in [0.29, 0.717) is 17.3 Å². The minimum absolute atomic E-state index is 0.0814. The normalized spacial score (nSPS) is 18.4. The lowest BCUT2D eigenvalue weighted by atomic mass is 10.1. The van der Waals surface area contributed by atoms with Crippen LogP contribution in [0.25, 0.3) is 0 Å². The van der Waals surface area contributed by atoms with Crippen LogP contribution in [0.5, 0.6) is 11.5 Å². The summed E-state index contributed by atoms with van der Waals surface area (Å²) in [6.07, 6.45) is 0.875. The van der Waals surface area contributed by atoms with Gasteiger partial charge in [-0.1, -0.05) is 0 Å². The van der Waals surface area contributed by atoms with Crippen molar-refractivity contribution in [2.45, 2.75) is 52.8 Å². The Hall–Kier alpha value is -3.10. The number of rotatable bonds is 7. The van der Waals surface area contributed by atoms with Crippen LogP contribution in [0, 0.1) is 0 Å². The summed E-state index contributed by atoms with van der Waals surface area (Å²) in [5, 5.41) is 2.68. The second-order valence-electron chi connectivity index (χ2n) is 7.35. The van der Waals surface area contributed by atoms with E-state index in [-0.39, 0.29) is 12.6 Å². The van der Waals surface area contributed by atoms with Gasteiger partial charge < -0.3 is 14.8 Å². The predicted octanol–water partition coefficient (Wildman–Crippen LogP) is 1.22. The maximum Gasteiger partial charge on any atom is 0.334 e. The fourth-order valence-corrected chi connectivity index (χ4v) is 3.42. The fourth-order valence-electron chi connectivity index (χ4n) is 3.42. The van der Waals surface area contributed by atoms with Gasteiger partial charge in [0.2, 0.25) is 5.91 Å². The number of hydrogen-bond donors (Lipinski definition) is 1. The highest BCUT2D eigenvalue weighted by Crippen LogP contribution is 2.35. The van der Waals surface area contributed by atoms with Gasteiger partial charge in [-0.25, -0.2) is 9.69 Å². The van der Waals surface area contributed by atoms with E-state index in [9.17, 15) is 19.2 Å². The maximum absolute atomic E-state index is 12.3. The summed E-state index contributed by atoms with van der Waals surface area (Å²) in [7, 11) is 0. The van der Waals surface area contributed by atoms with Crippen molar-refractivity contribution in [3.05, 3.63) is 23.3 Å². The molecule has 0 radical (unpaired) electrons.